The van der Waals surface area contributed by atoms with Crippen molar-refractivity contribution in [1.29, 1.82) is 0 Å². The van der Waals surface area contributed by atoms with Crippen LogP contribution >= 0.6 is 0 Å². The minimum atomic E-state index is -0.938. The second-order valence-corrected chi connectivity index (χ2v) is 12.3. The van der Waals surface area contributed by atoms with Gasteiger partial charge in [0.15, 0.2) is 5.69 Å². The van der Waals surface area contributed by atoms with E-state index in [-0.39, 0.29) is 30.1 Å². The number of fused-ring (bicyclic) bond motifs is 5. The molecule has 2 aromatic rings. The van der Waals surface area contributed by atoms with Crippen molar-refractivity contribution in [2.24, 2.45) is 17.0 Å². The van der Waals surface area contributed by atoms with Gasteiger partial charge in [-0.15, -0.1) is 0 Å². The van der Waals surface area contributed by atoms with Crippen LogP contribution in [0.5, 0.6) is 0 Å². The van der Waals surface area contributed by atoms with Crippen molar-refractivity contribution in [1.82, 2.24) is 14.5 Å². The molecule has 2 saturated heterocycles. The topological polar surface area (TPSA) is 97.0 Å². The third kappa shape index (κ3) is 5.37. The van der Waals surface area contributed by atoms with Crippen molar-refractivity contribution in [3.63, 3.8) is 0 Å². The van der Waals surface area contributed by atoms with Gasteiger partial charge in [0.05, 0.1) is 17.5 Å². The van der Waals surface area contributed by atoms with E-state index >= 15 is 0 Å². The van der Waals surface area contributed by atoms with E-state index in [1.807, 2.05) is 35.8 Å². The van der Waals surface area contributed by atoms with Crippen molar-refractivity contribution in [3.05, 3.63) is 40.3 Å². The fraction of sp³-hybridized carbons (Fsp3) is 0.677. The van der Waals surface area contributed by atoms with Gasteiger partial charge in [-0.05, 0) is 75.8 Å². The zero-order valence-corrected chi connectivity index (χ0v) is 23.1. The number of benzene rings is 1. The molecule has 4 aliphatic rings. The number of aliphatic carboxylic acids is 1. The van der Waals surface area contributed by atoms with Crippen LogP contribution in [0.25, 0.3) is 11.0 Å². The van der Waals surface area contributed by atoms with E-state index < -0.39 is 5.97 Å². The molecule has 1 aromatic heterocycles. The average molecular weight is 535 g/mol. The van der Waals surface area contributed by atoms with Gasteiger partial charge in [0.2, 0.25) is 0 Å². The molecule has 0 spiro atoms. The first-order chi connectivity index (χ1) is 19.0. The second kappa shape index (κ2) is 11.4. The summed E-state index contributed by atoms with van der Waals surface area (Å²) in [5, 5.41) is 13.5. The molecule has 39 heavy (non-hydrogen) atoms. The molecule has 5 atom stereocenters. The second-order valence-electron chi connectivity index (χ2n) is 12.3. The standard InChI is InChI=1S/C31H42N4O4/c1-2-39-33-27(13-14-29(36)37)30-31(38)35(28-12-4-3-11-26(28)32-30)25-18-22-9-6-10-23(19-25)34(22)24-16-20-7-5-8-21(15-20)17-24/h3-4,11-12,20-25H,2,5-10,13-19H2,1H3,(H,36,37)/t20?,21?,22-,23?,24?,25?/m1/s1. The Balaban J connectivity index is 1.35. The van der Waals surface area contributed by atoms with Crippen LogP contribution in [-0.4, -0.2) is 56.0 Å². The van der Waals surface area contributed by atoms with E-state index in [1.165, 1.54) is 57.8 Å². The number of carboxylic acids is 1. The Morgan fingerprint density at radius 1 is 0.949 bits per heavy atom. The van der Waals surface area contributed by atoms with Crippen LogP contribution in [-0.2, 0) is 9.63 Å². The number of nitrogens with zero attached hydrogens (tertiary/aromatic N) is 4. The van der Waals surface area contributed by atoms with Gasteiger partial charge in [0.25, 0.3) is 5.56 Å². The lowest BCUT2D eigenvalue weighted by Crippen LogP contribution is -2.58. The molecule has 2 aliphatic carbocycles. The Labute approximate surface area is 230 Å². The fourth-order valence-corrected chi connectivity index (χ4v) is 8.42. The Morgan fingerprint density at radius 2 is 1.64 bits per heavy atom. The number of rotatable bonds is 8. The molecular formula is C31H42N4O4. The predicted molar refractivity (Wildman–Crippen MR) is 151 cm³/mol. The van der Waals surface area contributed by atoms with E-state index in [2.05, 4.69) is 10.1 Å². The Kier molecular flexibility index (Phi) is 7.74. The van der Waals surface area contributed by atoms with Crippen LogP contribution in [0.3, 0.4) is 0 Å². The van der Waals surface area contributed by atoms with Gasteiger partial charge in [-0.25, -0.2) is 4.98 Å². The third-order valence-corrected chi connectivity index (χ3v) is 9.84. The average Bonchev–Trinajstić information content (AvgIpc) is 2.92. The molecule has 8 nitrogen and oxygen atoms in total. The van der Waals surface area contributed by atoms with Crippen molar-refractivity contribution < 1.29 is 14.7 Å². The molecule has 2 aliphatic heterocycles. The molecular weight excluding hydrogens is 492 g/mol. The van der Waals surface area contributed by atoms with Gasteiger partial charge in [-0.2, -0.15) is 0 Å². The van der Waals surface area contributed by atoms with E-state index in [9.17, 15) is 14.7 Å². The summed E-state index contributed by atoms with van der Waals surface area (Å²) < 4.78 is 1.97. The third-order valence-electron chi connectivity index (χ3n) is 9.84. The number of carbonyl (C=O) groups is 1. The SMILES string of the molecule is CCON=C(CCC(=O)O)c1nc2ccccc2n(C2CC3CCC[C@H](C2)N3C2CC3CCCC(C3)C2)c1=O. The molecule has 4 fully saturated rings. The summed E-state index contributed by atoms with van der Waals surface area (Å²) in [6, 6.07) is 9.64. The smallest absolute Gasteiger partial charge is 0.303 e. The summed E-state index contributed by atoms with van der Waals surface area (Å²) in [7, 11) is 0. The highest BCUT2D eigenvalue weighted by Gasteiger charge is 2.45. The lowest BCUT2D eigenvalue weighted by molar-refractivity contribution is -0.136. The largest absolute Gasteiger partial charge is 0.481 e. The highest BCUT2D eigenvalue weighted by Crippen LogP contribution is 2.47. The van der Waals surface area contributed by atoms with Gasteiger partial charge in [-0.1, -0.05) is 43.0 Å². The van der Waals surface area contributed by atoms with Gasteiger partial charge in [0.1, 0.15) is 12.3 Å². The van der Waals surface area contributed by atoms with Crippen molar-refractivity contribution >= 4 is 22.7 Å². The highest BCUT2D eigenvalue weighted by molar-refractivity contribution is 6.00. The molecule has 0 radical (unpaired) electrons. The van der Waals surface area contributed by atoms with Gasteiger partial charge < -0.3 is 14.5 Å². The minimum absolute atomic E-state index is 0.0895. The molecule has 1 aromatic carbocycles. The summed E-state index contributed by atoms with van der Waals surface area (Å²) in [5.41, 5.74) is 1.94. The summed E-state index contributed by atoms with van der Waals surface area (Å²) >= 11 is 0. The summed E-state index contributed by atoms with van der Waals surface area (Å²) in [6.07, 6.45) is 14.0. The maximum atomic E-state index is 14.2. The molecule has 210 valence electrons. The van der Waals surface area contributed by atoms with Crippen LogP contribution in [0, 0.1) is 11.8 Å². The molecule has 2 saturated carbocycles. The zero-order chi connectivity index (χ0) is 26.9. The molecule has 6 rings (SSSR count). The van der Waals surface area contributed by atoms with Gasteiger partial charge in [-0.3, -0.25) is 14.5 Å². The number of hydrogen-bond donors (Lipinski definition) is 1. The van der Waals surface area contributed by atoms with Crippen molar-refractivity contribution in [3.8, 4) is 0 Å². The number of para-hydroxylation sites is 2. The molecule has 1 N–H and O–H groups in total. The Bertz CT molecular complexity index is 1260. The number of aromatic nitrogens is 2. The number of piperidine rings is 2. The molecule has 0 amide bonds. The number of oxime groups is 1. The first kappa shape index (κ1) is 26.5. The van der Waals surface area contributed by atoms with Crippen LogP contribution in [0.2, 0.25) is 0 Å². The minimum Gasteiger partial charge on any atom is -0.481 e. The quantitative estimate of drug-likeness (QED) is 0.353. The van der Waals surface area contributed by atoms with Gasteiger partial charge >= 0.3 is 5.97 Å². The van der Waals surface area contributed by atoms with Crippen LogP contribution in [0.1, 0.15) is 102 Å². The van der Waals surface area contributed by atoms with Crippen LogP contribution in [0.15, 0.2) is 34.2 Å². The highest BCUT2D eigenvalue weighted by atomic mass is 16.6. The molecule has 8 heteroatoms. The van der Waals surface area contributed by atoms with Crippen molar-refractivity contribution in [2.75, 3.05) is 6.61 Å². The normalized spacial score (nSPS) is 31.3. The van der Waals surface area contributed by atoms with Crippen LogP contribution < -0.4 is 5.56 Å². The van der Waals surface area contributed by atoms with E-state index in [0.717, 1.165) is 35.7 Å². The van der Waals surface area contributed by atoms with Crippen molar-refractivity contribution in [2.45, 2.75) is 115 Å². The molecule has 3 heterocycles. The van der Waals surface area contributed by atoms with E-state index in [1.54, 1.807) is 0 Å². The van der Waals surface area contributed by atoms with Gasteiger partial charge in [0, 0.05) is 30.6 Å². The Hall–Kier alpha value is -2.74. The lowest BCUT2D eigenvalue weighted by atomic mass is 9.68. The van der Waals surface area contributed by atoms with E-state index in [0.29, 0.717) is 30.4 Å². The first-order valence-electron chi connectivity index (χ1n) is 15.2. The van der Waals surface area contributed by atoms with Crippen LogP contribution in [0.4, 0.5) is 0 Å². The summed E-state index contributed by atoms with van der Waals surface area (Å²) in [4.78, 5) is 38.4. The first-order valence-corrected chi connectivity index (χ1v) is 15.2. The molecule has 4 unspecified atom stereocenters. The fourth-order valence-electron chi connectivity index (χ4n) is 8.42. The summed E-state index contributed by atoms with van der Waals surface area (Å²) in [6.45, 7) is 2.15. The zero-order valence-electron chi connectivity index (χ0n) is 23.1. The molecule has 4 bridgehead atoms. The van der Waals surface area contributed by atoms with E-state index in [4.69, 9.17) is 9.82 Å². The maximum Gasteiger partial charge on any atom is 0.303 e. The Morgan fingerprint density at radius 3 is 2.33 bits per heavy atom. The number of carboxylic acid groups (broad SMARTS) is 1. The monoisotopic (exact) mass is 534 g/mol. The lowest BCUT2D eigenvalue weighted by Gasteiger charge is -2.55. The maximum absolute atomic E-state index is 14.2. The number of hydrogen-bond acceptors (Lipinski definition) is 6. The predicted octanol–water partition coefficient (Wildman–Crippen LogP) is 5.53. The summed E-state index contributed by atoms with van der Waals surface area (Å²) in [5.74, 6) is 0.876.